The van der Waals surface area contributed by atoms with E-state index >= 15 is 0 Å². The van der Waals surface area contributed by atoms with Crippen LogP contribution in [0.3, 0.4) is 0 Å². The minimum absolute atomic E-state index is 0.592. The van der Waals surface area contributed by atoms with Gasteiger partial charge in [0, 0.05) is 25.7 Å². The lowest BCUT2D eigenvalue weighted by molar-refractivity contribution is 0.647. The summed E-state index contributed by atoms with van der Waals surface area (Å²) in [7, 11) is 0. The Morgan fingerprint density at radius 3 is 3.00 bits per heavy atom. The second-order valence-electron chi connectivity index (χ2n) is 4.07. The molecule has 2 aromatic heterocycles. The lowest BCUT2D eigenvalue weighted by atomic mass is 10.2. The molecule has 0 bridgehead atoms. The highest BCUT2D eigenvalue weighted by Gasteiger charge is 2.11. The monoisotopic (exact) mass is 252 g/mol. The van der Waals surface area contributed by atoms with E-state index in [1.165, 1.54) is 0 Å². The summed E-state index contributed by atoms with van der Waals surface area (Å²) in [5.74, 6) is 1.06. The maximum absolute atomic E-state index is 5.93. The SMILES string of the molecule is CCCCc1nc2cc(Cl)cnc2n1CCN. The van der Waals surface area contributed by atoms with Crippen molar-refractivity contribution in [2.45, 2.75) is 32.7 Å². The number of aromatic nitrogens is 3. The Morgan fingerprint density at radius 2 is 2.29 bits per heavy atom. The Labute approximate surface area is 106 Å². The number of hydrogen-bond acceptors (Lipinski definition) is 3. The van der Waals surface area contributed by atoms with Gasteiger partial charge in [-0.3, -0.25) is 0 Å². The predicted octanol–water partition coefficient (Wildman–Crippen LogP) is 2.39. The molecule has 2 rings (SSSR count). The minimum Gasteiger partial charge on any atom is -0.329 e. The standard InChI is InChI=1S/C12H17ClN4/c1-2-3-4-11-16-10-7-9(13)8-15-12(10)17(11)6-5-14/h7-8H,2-6,14H2,1H3. The highest BCUT2D eigenvalue weighted by molar-refractivity contribution is 6.31. The number of imidazole rings is 1. The van der Waals surface area contributed by atoms with Gasteiger partial charge in [0.05, 0.1) is 5.02 Å². The van der Waals surface area contributed by atoms with Crippen molar-refractivity contribution in [1.82, 2.24) is 14.5 Å². The number of aryl methyl sites for hydroxylation is 1. The first-order chi connectivity index (χ1) is 8.26. The van der Waals surface area contributed by atoms with Crippen LogP contribution in [0.1, 0.15) is 25.6 Å². The summed E-state index contributed by atoms with van der Waals surface area (Å²) in [6.07, 6.45) is 4.90. The third-order valence-electron chi connectivity index (χ3n) is 2.74. The fourth-order valence-electron chi connectivity index (χ4n) is 1.92. The van der Waals surface area contributed by atoms with Gasteiger partial charge in [0.25, 0.3) is 0 Å². The van der Waals surface area contributed by atoms with E-state index in [0.29, 0.717) is 11.6 Å². The first kappa shape index (κ1) is 12.3. The number of hydrogen-bond donors (Lipinski definition) is 1. The first-order valence-corrected chi connectivity index (χ1v) is 6.34. The van der Waals surface area contributed by atoms with E-state index in [-0.39, 0.29) is 0 Å². The average Bonchev–Trinajstić information content (AvgIpc) is 2.64. The normalized spacial score (nSPS) is 11.2. The quantitative estimate of drug-likeness (QED) is 0.889. The summed E-state index contributed by atoms with van der Waals surface area (Å²) >= 11 is 5.93. The summed E-state index contributed by atoms with van der Waals surface area (Å²) in [5.41, 5.74) is 7.37. The van der Waals surface area contributed by atoms with Gasteiger partial charge >= 0.3 is 0 Å². The lowest BCUT2D eigenvalue weighted by Gasteiger charge is -2.06. The first-order valence-electron chi connectivity index (χ1n) is 5.97. The van der Waals surface area contributed by atoms with E-state index in [1.807, 2.05) is 6.07 Å². The van der Waals surface area contributed by atoms with E-state index in [4.69, 9.17) is 17.3 Å². The Morgan fingerprint density at radius 1 is 1.47 bits per heavy atom. The number of nitrogens with zero attached hydrogens (tertiary/aromatic N) is 3. The van der Waals surface area contributed by atoms with Gasteiger partial charge in [-0.15, -0.1) is 0 Å². The van der Waals surface area contributed by atoms with E-state index in [9.17, 15) is 0 Å². The molecule has 0 fully saturated rings. The number of rotatable bonds is 5. The molecule has 5 heteroatoms. The molecule has 0 aliphatic rings. The Balaban J connectivity index is 2.45. The molecule has 2 N–H and O–H groups in total. The third-order valence-corrected chi connectivity index (χ3v) is 2.94. The fourth-order valence-corrected chi connectivity index (χ4v) is 2.08. The summed E-state index contributed by atoms with van der Waals surface area (Å²) in [6, 6.07) is 1.85. The van der Waals surface area contributed by atoms with Crippen molar-refractivity contribution in [2.75, 3.05) is 6.54 Å². The second kappa shape index (κ2) is 5.47. The Bertz CT molecular complexity index is 506. The molecule has 17 heavy (non-hydrogen) atoms. The molecule has 0 saturated carbocycles. The van der Waals surface area contributed by atoms with Crippen molar-refractivity contribution in [3.05, 3.63) is 23.1 Å². The molecule has 0 spiro atoms. The lowest BCUT2D eigenvalue weighted by Crippen LogP contribution is -2.13. The second-order valence-corrected chi connectivity index (χ2v) is 4.50. The molecule has 0 radical (unpaired) electrons. The molecule has 0 amide bonds. The van der Waals surface area contributed by atoms with Crippen LogP contribution in [0.5, 0.6) is 0 Å². The zero-order chi connectivity index (χ0) is 12.3. The van der Waals surface area contributed by atoms with Crippen LogP contribution in [0, 0.1) is 0 Å². The topological polar surface area (TPSA) is 56.7 Å². The van der Waals surface area contributed by atoms with Gasteiger partial charge in [-0.05, 0) is 12.5 Å². The smallest absolute Gasteiger partial charge is 0.160 e. The Kier molecular flexibility index (Phi) is 3.97. The van der Waals surface area contributed by atoms with Gasteiger partial charge < -0.3 is 10.3 Å². The van der Waals surface area contributed by atoms with Gasteiger partial charge in [0.1, 0.15) is 11.3 Å². The molecule has 0 unspecified atom stereocenters. The van der Waals surface area contributed by atoms with Gasteiger partial charge in [-0.1, -0.05) is 24.9 Å². The van der Waals surface area contributed by atoms with E-state index < -0.39 is 0 Å². The molecule has 2 heterocycles. The van der Waals surface area contributed by atoms with E-state index in [1.54, 1.807) is 6.20 Å². The number of fused-ring (bicyclic) bond motifs is 1. The number of pyridine rings is 1. The van der Waals surface area contributed by atoms with Gasteiger partial charge in [-0.25, -0.2) is 9.97 Å². The fraction of sp³-hybridized carbons (Fsp3) is 0.500. The number of nitrogens with two attached hydrogens (primary N) is 1. The van der Waals surface area contributed by atoms with Crippen LogP contribution in [-0.4, -0.2) is 21.1 Å². The zero-order valence-electron chi connectivity index (χ0n) is 9.99. The third kappa shape index (κ3) is 2.58. The van der Waals surface area contributed by atoms with E-state index in [2.05, 4.69) is 21.5 Å². The predicted molar refractivity (Wildman–Crippen MR) is 70.2 cm³/mol. The maximum Gasteiger partial charge on any atom is 0.160 e. The number of halogens is 1. The van der Waals surface area contributed by atoms with Crippen molar-refractivity contribution in [3.63, 3.8) is 0 Å². The van der Waals surface area contributed by atoms with Crippen LogP contribution in [0.15, 0.2) is 12.3 Å². The van der Waals surface area contributed by atoms with Gasteiger partial charge in [-0.2, -0.15) is 0 Å². The van der Waals surface area contributed by atoms with Crippen molar-refractivity contribution in [1.29, 1.82) is 0 Å². The van der Waals surface area contributed by atoms with Gasteiger partial charge in [0.2, 0.25) is 0 Å². The minimum atomic E-state index is 0.592. The highest BCUT2D eigenvalue weighted by Crippen LogP contribution is 2.19. The van der Waals surface area contributed by atoms with Gasteiger partial charge in [0.15, 0.2) is 5.65 Å². The molecule has 4 nitrogen and oxygen atoms in total. The van der Waals surface area contributed by atoms with E-state index in [0.717, 1.165) is 42.8 Å². The molecule has 0 aliphatic carbocycles. The van der Waals surface area contributed by atoms with Crippen molar-refractivity contribution in [3.8, 4) is 0 Å². The van der Waals surface area contributed by atoms with Crippen LogP contribution < -0.4 is 5.73 Å². The average molecular weight is 253 g/mol. The molecule has 0 aromatic carbocycles. The van der Waals surface area contributed by atoms with Crippen molar-refractivity contribution >= 4 is 22.8 Å². The number of unbranched alkanes of at least 4 members (excludes halogenated alkanes) is 1. The van der Waals surface area contributed by atoms with Crippen LogP contribution in [0.25, 0.3) is 11.2 Å². The molecule has 0 aliphatic heterocycles. The molecular weight excluding hydrogens is 236 g/mol. The van der Waals surface area contributed by atoms with Crippen LogP contribution in [-0.2, 0) is 13.0 Å². The zero-order valence-corrected chi connectivity index (χ0v) is 10.7. The summed E-state index contributed by atoms with van der Waals surface area (Å²) in [6.45, 7) is 3.52. The Hall–Kier alpha value is -1.13. The summed E-state index contributed by atoms with van der Waals surface area (Å²) < 4.78 is 2.10. The van der Waals surface area contributed by atoms with Crippen LogP contribution >= 0.6 is 11.6 Å². The molecule has 92 valence electrons. The highest BCUT2D eigenvalue weighted by atomic mass is 35.5. The van der Waals surface area contributed by atoms with Crippen molar-refractivity contribution < 1.29 is 0 Å². The molecule has 0 atom stereocenters. The molecule has 2 aromatic rings. The summed E-state index contributed by atoms with van der Waals surface area (Å²) in [5, 5.41) is 0.622. The maximum atomic E-state index is 5.93. The largest absolute Gasteiger partial charge is 0.329 e. The van der Waals surface area contributed by atoms with Crippen molar-refractivity contribution in [2.24, 2.45) is 5.73 Å². The summed E-state index contributed by atoms with van der Waals surface area (Å²) in [4.78, 5) is 8.93. The van der Waals surface area contributed by atoms with Crippen LogP contribution in [0.4, 0.5) is 0 Å². The molecular formula is C12H17ClN4. The molecule has 0 saturated heterocycles. The van der Waals surface area contributed by atoms with Crippen LogP contribution in [0.2, 0.25) is 5.02 Å².